The molecule has 0 unspecified atom stereocenters. The van der Waals surface area contributed by atoms with Gasteiger partial charge in [0.2, 0.25) is 5.96 Å². The highest BCUT2D eigenvalue weighted by Crippen LogP contribution is 1.95. The molecule has 17 heavy (non-hydrogen) atoms. The van der Waals surface area contributed by atoms with Crippen LogP contribution in [0.2, 0.25) is 0 Å². The summed E-state index contributed by atoms with van der Waals surface area (Å²) in [6.07, 6.45) is 4.71. The molecule has 7 heteroatoms. The summed E-state index contributed by atoms with van der Waals surface area (Å²) in [7, 11) is 3.54. The zero-order valence-corrected chi connectivity index (χ0v) is 10.3. The molecule has 1 aromatic rings. The molecule has 96 valence electrons. The Balaban J connectivity index is 2.25. The van der Waals surface area contributed by atoms with Crippen molar-refractivity contribution in [3.05, 3.63) is 18.0 Å². The maximum Gasteiger partial charge on any atom is 0.205 e. The molecule has 0 fully saturated rings. The van der Waals surface area contributed by atoms with Gasteiger partial charge in [0.25, 0.3) is 0 Å². The predicted octanol–water partition coefficient (Wildman–Crippen LogP) is -0.982. The second-order valence-electron chi connectivity index (χ2n) is 3.57. The van der Waals surface area contributed by atoms with Gasteiger partial charge in [-0.15, -0.1) is 0 Å². The van der Waals surface area contributed by atoms with Crippen LogP contribution in [-0.2, 0) is 18.2 Å². The van der Waals surface area contributed by atoms with Crippen molar-refractivity contribution >= 4 is 5.96 Å². The van der Waals surface area contributed by atoms with Crippen LogP contribution in [0.4, 0.5) is 0 Å². The third-order valence-electron chi connectivity index (χ3n) is 2.17. The number of aryl methyl sites for hydroxylation is 1. The maximum absolute atomic E-state index is 5.34. The van der Waals surface area contributed by atoms with E-state index < -0.39 is 0 Å². The predicted molar refractivity (Wildman–Crippen MR) is 66.4 cm³/mol. The van der Waals surface area contributed by atoms with Crippen molar-refractivity contribution in [2.75, 3.05) is 26.8 Å². The number of hydrogen-bond acceptors (Lipinski definition) is 4. The zero-order chi connectivity index (χ0) is 12.5. The fraction of sp³-hybridized carbons (Fsp3) is 0.600. The van der Waals surface area contributed by atoms with Gasteiger partial charge in [-0.25, -0.2) is 10.8 Å². The van der Waals surface area contributed by atoms with Crippen LogP contribution in [0.1, 0.15) is 5.56 Å². The number of hydrogen-bond donors (Lipinski definition) is 3. The van der Waals surface area contributed by atoms with Gasteiger partial charge in [-0.3, -0.25) is 10.1 Å². The molecule has 1 heterocycles. The van der Waals surface area contributed by atoms with E-state index in [1.165, 1.54) is 5.56 Å². The lowest BCUT2D eigenvalue weighted by Crippen LogP contribution is -2.42. The molecular formula is C10H20N6O. The molecule has 0 aliphatic heterocycles. The van der Waals surface area contributed by atoms with Gasteiger partial charge in [0.1, 0.15) is 0 Å². The second-order valence-corrected chi connectivity index (χ2v) is 3.57. The minimum atomic E-state index is 0.575. The molecule has 0 atom stereocenters. The molecule has 0 aromatic carbocycles. The minimum absolute atomic E-state index is 0.575. The van der Waals surface area contributed by atoms with Crippen LogP contribution in [0.15, 0.2) is 17.4 Å². The van der Waals surface area contributed by atoms with E-state index in [1.807, 2.05) is 19.4 Å². The van der Waals surface area contributed by atoms with Gasteiger partial charge in [-0.2, -0.15) is 5.10 Å². The Kier molecular flexibility index (Phi) is 6.05. The number of hydrazine groups is 1. The standard InChI is InChI=1S/C10H20N6O/c1-16-8-9(7-14-16)3-4-12-10(15-11)13-5-6-17-2/h7-8H,3-6,11H2,1-2H3,(H2,12,13,15). The van der Waals surface area contributed by atoms with Crippen molar-refractivity contribution in [3.63, 3.8) is 0 Å². The van der Waals surface area contributed by atoms with Crippen LogP contribution in [-0.4, -0.2) is 42.5 Å². The normalized spacial score (nSPS) is 11.6. The van der Waals surface area contributed by atoms with E-state index in [0.717, 1.165) is 13.0 Å². The molecule has 7 nitrogen and oxygen atoms in total. The number of guanidine groups is 1. The number of methoxy groups -OCH3 is 1. The van der Waals surface area contributed by atoms with E-state index in [2.05, 4.69) is 20.8 Å². The maximum atomic E-state index is 5.34. The van der Waals surface area contributed by atoms with Gasteiger partial charge < -0.3 is 10.1 Å². The zero-order valence-electron chi connectivity index (χ0n) is 10.3. The lowest BCUT2D eigenvalue weighted by Gasteiger charge is -2.08. The molecule has 0 amide bonds. The number of aromatic nitrogens is 2. The Bertz CT molecular complexity index is 348. The molecule has 1 aromatic heterocycles. The molecule has 0 aliphatic rings. The Morgan fingerprint density at radius 1 is 1.65 bits per heavy atom. The van der Waals surface area contributed by atoms with Crippen molar-refractivity contribution in [3.8, 4) is 0 Å². The Hall–Kier alpha value is -1.60. The van der Waals surface area contributed by atoms with Crippen molar-refractivity contribution in [1.29, 1.82) is 0 Å². The minimum Gasteiger partial charge on any atom is -0.383 e. The molecule has 0 spiro atoms. The summed E-state index contributed by atoms with van der Waals surface area (Å²) in [5.41, 5.74) is 3.69. The van der Waals surface area contributed by atoms with Gasteiger partial charge in [0.15, 0.2) is 0 Å². The van der Waals surface area contributed by atoms with Gasteiger partial charge >= 0.3 is 0 Å². The Labute approximate surface area is 101 Å². The summed E-state index contributed by atoms with van der Waals surface area (Å²) < 4.78 is 6.68. The first-order valence-corrected chi connectivity index (χ1v) is 5.47. The number of nitrogens with two attached hydrogens (primary N) is 1. The number of aliphatic imine (C=N–C) groups is 1. The van der Waals surface area contributed by atoms with Crippen molar-refractivity contribution < 1.29 is 4.74 Å². The topological polar surface area (TPSA) is 89.5 Å². The number of nitrogens with one attached hydrogen (secondary N) is 2. The summed E-state index contributed by atoms with van der Waals surface area (Å²) in [4.78, 5) is 4.19. The first kappa shape index (κ1) is 13.5. The lowest BCUT2D eigenvalue weighted by atomic mass is 10.2. The number of rotatable bonds is 6. The summed E-state index contributed by atoms with van der Waals surface area (Å²) in [5, 5.41) is 7.20. The molecule has 0 bridgehead atoms. The monoisotopic (exact) mass is 240 g/mol. The smallest absolute Gasteiger partial charge is 0.205 e. The van der Waals surface area contributed by atoms with Gasteiger partial charge in [-0.05, 0) is 12.0 Å². The van der Waals surface area contributed by atoms with Gasteiger partial charge in [0.05, 0.1) is 19.3 Å². The molecule has 4 N–H and O–H groups in total. The third kappa shape index (κ3) is 5.32. The highest BCUT2D eigenvalue weighted by Gasteiger charge is 1.98. The van der Waals surface area contributed by atoms with Crippen LogP contribution in [0.5, 0.6) is 0 Å². The van der Waals surface area contributed by atoms with Crippen molar-refractivity contribution in [2.24, 2.45) is 17.9 Å². The Morgan fingerprint density at radius 2 is 2.47 bits per heavy atom. The van der Waals surface area contributed by atoms with E-state index in [-0.39, 0.29) is 0 Å². The van der Waals surface area contributed by atoms with E-state index in [9.17, 15) is 0 Å². The molecule has 0 saturated carbocycles. The van der Waals surface area contributed by atoms with Crippen LogP contribution in [0, 0.1) is 0 Å². The fourth-order valence-electron chi connectivity index (χ4n) is 1.33. The largest absolute Gasteiger partial charge is 0.383 e. The SMILES string of the molecule is COCCN=C(NN)NCCc1cnn(C)c1. The quantitative estimate of drug-likeness (QED) is 0.195. The highest BCUT2D eigenvalue weighted by molar-refractivity contribution is 5.79. The molecule has 0 aliphatic carbocycles. The van der Waals surface area contributed by atoms with Crippen LogP contribution >= 0.6 is 0 Å². The Morgan fingerprint density at radius 3 is 3.06 bits per heavy atom. The van der Waals surface area contributed by atoms with E-state index in [4.69, 9.17) is 10.6 Å². The van der Waals surface area contributed by atoms with E-state index in [0.29, 0.717) is 19.1 Å². The van der Waals surface area contributed by atoms with Gasteiger partial charge in [-0.1, -0.05) is 0 Å². The van der Waals surface area contributed by atoms with E-state index >= 15 is 0 Å². The third-order valence-corrected chi connectivity index (χ3v) is 2.17. The second kappa shape index (κ2) is 7.64. The summed E-state index contributed by atoms with van der Waals surface area (Å²) in [6.45, 7) is 1.91. The first-order chi connectivity index (χ1) is 8.26. The van der Waals surface area contributed by atoms with E-state index in [1.54, 1.807) is 11.8 Å². The summed E-state index contributed by atoms with van der Waals surface area (Å²) >= 11 is 0. The van der Waals surface area contributed by atoms with Crippen LogP contribution < -0.4 is 16.6 Å². The van der Waals surface area contributed by atoms with Crippen LogP contribution in [0.25, 0.3) is 0 Å². The van der Waals surface area contributed by atoms with Crippen LogP contribution in [0.3, 0.4) is 0 Å². The fourth-order valence-corrected chi connectivity index (χ4v) is 1.33. The highest BCUT2D eigenvalue weighted by atomic mass is 16.5. The van der Waals surface area contributed by atoms with Crippen molar-refractivity contribution in [1.82, 2.24) is 20.5 Å². The average Bonchev–Trinajstić information content (AvgIpc) is 2.73. The van der Waals surface area contributed by atoms with Gasteiger partial charge in [0, 0.05) is 26.9 Å². The molecule has 0 saturated heterocycles. The molecule has 0 radical (unpaired) electrons. The summed E-state index contributed by atoms with van der Waals surface area (Å²) in [5.74, 6) is 5.91. The number of ether oxygens (including phenoxy) is 1. The molecular weight excluding hydrogens is 220 g/mol. The first-order valence-electron chi connectivity index (χ1n) is 5.47. The number of nitrogens with zero attached hydrogens (tertiary/aromatic N) is 3. The lowest BCUT2D eigenvalue weighted by molar-refractivity contribution is 0.208. The molecule has 1 rings (SSSR count). The summed E-state index contributed by atoms with van der Waals surface area (Å²) in [6, 6.07) is 0. The van der Waals surface area contributed by atoms with Crippen molar-refractivity contribution in [2.45, 2.75) is 6.42 Å². The average molecular weight is 240 g/mol.